The van der Waals surface area contributed by atoms with Gasteiger partial charge in [0.2, 0.25) is 0 Å². The number of anilines is 2. The lowest BCUT2D eigenvalue weighted by atomic mass is 10.2. The summed E-state index contributed by atoms with van der Waals surface area (Å²) < 4.78 is 0. The van der Waals surface area contributed by atoms with E-state index in [2.05, 4.69) is 11.8 Å². The molecule has 0 aliphatic heterocycles. The average molecular weight is 259 g/mol. The summed E-state index contributed by atoms with van der Waals surface area (Å²) in [4.78, 5) is 2.27. The van der Waals surface area contributed by atoms with Gasteiger partial charge in [-0.3, -0.25) is 0 Å². The van der Waals surface area contributed by atoms with Crippen molar-refractivity contribution in [2.24, 2.45) is 5.92 Å². The average Bonchev–Trinajstić information content (AvgIpc) is 3.04. The van der Waals surface area contributed by atoms with E-state index in [1.165, 1.54) is 12.8 Å². The Labute approximate surface area is 106 Å². The van der Waals surface area contributed by atoms with Crippen LogP contribution in [0.2, 0.25) is 10.0 Å². The molecule has 88 valence electrons. The third-order valence-corrected chi connectivity index (χ3v) is 3.69. The van der Waals surface area contributed by atoms with Crippen LogP contribution in [0.15, 0.2) is 12.1 Å². The number of hydrogen-bond donors (Lipinski definition) is 1. The van der Waals surface area contributed by atoms with Crippen LogP contribution >= 0.6 is 23.2 Å². The normalized spacial score (nSPS) is 15.2. The van der Waals surface area contributed by atoms with Crippen LogP contribution in [0.4, 0.5) is 11.4 Å². The van der Waals surface area contributed by atoms with Crippen molar-refractivity contribution >= 4 is 34.6 Å². The van der Waals surface area contributed by atoms with E-state index in [-0.39, 0.29) is 0 Å². The number of hydrogen-bond acceptors (Lipinski definition) is 2. The fraction of sp³-hybridized carbons (Fsp3) is 0.500. The first-order valence-corrected chi connectivity index (χ1v) is 6.37. The van der Waals surface area contributed by atoms with E-state index in [9.17, 15) is 0 Å². The standard InChI is InChI=1S/C12H16Cl2N2/c1-2-16(7-8-3-4-8)12-6-10(14)9(13)5-11(12)15/h5-6,8H,2-4,7,15H2,1H3. The minimum atomic E-state index is 0.519. The smallest absolute Gasteiger partial charge is 0.0615 e. The van der Waals surface area contributed by atoms with Crippen molar-refractivity contribution in [3.05, 3.63) is 22.2 Å². The molecule has 2 N–H and O–H groups in total. The second-order valence-corrected chi connectivity index (χ2v) is 5.12. The molecule has 0 unspecified atom stereocenters. The highest BCUT2D eigenvalue weighted by Gasteiger charge is 2.24. The fourth-order valence-electron chi connectivity index (χ4n) is 1.84. The van der Waals surface area contributed by atoms with Gasteiger partial charge in [0, 0.05) is 13.1 Å². The molecule has 0 atom stereocenters. The van der Waals surface area contributed by atoms with Gasteiger partial charge in [-0.1, -0.05) is 23.2 Å². The van der Waals surface area contributed by atoms with Gasteiger partial charge in [-0.15, -0.1) is 0 Å². The van der Waals surface area contributed by atoms with Crippen molar-refractivity contribution in [2.45, 2.75) is 19.8 Å². The van der Waals surface area contributed by atoms with Gasteiger partial charge in [0.1, 0.15) is 0 Å². The number of rotatable bonds is 4. The lowest BCUT2D eigenvalue weighted by molar-refractivity contribution is 0.743. The van der Waals surface area contributed by atoms with Crippen molar-refractivity contribution in [1.29, 1.82) is 0 Å². The van der Waals surface area contributed by atoms with Crippen LogP contribution in [0.3, 0.4) is 0 Å². The van der Waals surface area contributed by atoms with Gasteiger partial charge in [0.25, 0.3) is 0 Å². The summed E-state index contributed by atoms with van der Waals surface area (Å²) in [6.07, 6.45) is 2.66. The van der Waals surface area contributed by atoms with Gasteiger partial charge < -0.3 is 10.6 Å². The molecule has 0 bridgehead atoms. The third kappa shape index (κ3) is 2.55. The second-order valence-electron chi connectivity index (χ2n) is 4.31. The maximum absolute atomic E-state index is 6.02. The largest absolute Gasteiger partial charge is 0.397 e. The van der Waals surface area contributed by atoms with Gasteiger partial charge in [-0.05, 0) is 37.8 Å². The van der Waals surface area contributed by atoms with E-state index < -0.39 is 0 Å². The second kappa shape index (κ2) is 4.72. The Morgan fingerprint density at radius 2 is 1.94 bits per heavy atom. The molecule has 1 saturated carbocycles. The molecule has 0 spiro atoms. The Morgan fingerprint density at radius 3 is 2.50 bits per heavy atom. The summed E-state index contributed by atoms with van der Waals surface area (Å²) in [5, 5.41) is 1.09. The Balaban J connectivity index is 2.25. The number of nitrogen functional groups attached to an aromatic ring is 1. The van der Waals surface area contributed by atoms with E-state index in [4.69, 9.17) is 28.9 Å². The summed E-state index contributed by atoms with van der Waals surface area (Å²) in [6, 6.07) is 3.60. The minimum Gasteiger partial charge on any atom is -0.397 e. The Kier molecular flexibility index (Phi) is 3.50. The topological polar surface area (TPSA) is 29.3 Å². The molecule has 1 aliphatic carbocycles. The minimum absolute atomic E-state index is 0.519. The van der Waals surface area contributed by atoms with Crippen molar-refractivity contribution < 1.29 is 0 Å². The maximum Gasteiger partial charge on any atom is 0.0615 e. The predicted octanol–water partition coefficient (Wildman–Crippen LogP) is 3.81. The van der Waals surface area contributed by atoms with Gasteiger partial charge >= 0.3 is 0 Å². The molecule has 0 heterocycles. The summed E-state index contributed by atoms with van der Waals surface area (Å²) in [5.74, 6) is 0.828. The first-order chi connectivity index (χ1) is 7.61. The Bertz CT molecular complexity index is 389. The zero-order valence-electron chi connectivity index (χ0n) is 9.34. The number of nitrogens with zero attached hydrogens (tertiary/aromatic N) is 1. The van der Waals surface area contributed by atoms with Crippen LogP contribution in [0, 0.1) is 5.92 Å². The number of halogens is 2. The summed E-state index contributed by atoms with van der Waals surface area (Å²) in [6.45, 7) is 4.14. The zero-order chi connectivity index (χ0) is 11.7. The van der Waals surface area contributed by atoms with E-state index in [1.807, 2.05) is 6.07 Å². The number of benzene rings is 1. The molecular weight excluding hydrogens is 243 g/mol. The van der Waals surface area contributed by atoms with Crippen LogP contribution in [0.5, 0.6) is 0 Å². The molecule has 16 heavy (non-hydrogen) atoms. The van der Waals surface area contributed by atoms with Gasteiger partial charge in [-0.2, -0.15) is 0 Å². The fourth-order valence-corrected chi connectivity index (χ4v) is 2.17. The quantitative estimate of drug-likeness (QED) is 0.833. The molecule has 0 saturated heterocycles. The molecule has 1 aromatic carbocycles. The van der Waals surface area contributed by atoms with E-state index in [0.717, 1.165) is 24.7 Å². The molecule has 1 aliphatic rings. The lowest BCUT2D eigenvalue weighted by Gasteiger charge is -2.25. The first kappa shape index (κ1) is 11.9. The van der Waals surface area contributed by atoms with Gasteiger partial charge in [0.15, 0.2) is 0 Å². The highest BCUT2D eigenvalue weighted by Crippen LogP contribution is 2.36. The first-order valence-electron chi connectivity index (χ1n) is 5.61. The highest BCUT2D eigenvalue weighted by molar-refractivity contribution is 6.42. The molecule has 2 rings (SSSR count). The molecular formula is C12H16Cl2N2. The predicted molar refractivity (Wildman–Crippen MR) is 71.5 cm³/mol. The Hall–Kier alpha value is -0.600. The zero-order valence-corrected chi connectivity index (χ0v) is 10.9. The Morgan fingerprint density at radius 1 is 1.31 bits per heavy atom. The third-order valence-electron chi connectivity index (χ3n) is 2.97. The van der Waals surface area contributed by atoms with Crippen molar-refractivity contribution in [1.82, 2.24) is 0 Å². The van der Waals surface area contributed by atoms with E-state index >= 15 is 0 Å². The van der Waals surface area contributed by atoms with E-state index in [0.29, 0.717) is 15.7 Å². The highest BCUT2D eigenvalue weighted by atomic mass is 35.5. The molecule has 0 radical (unpaired) electrons. The summed E-state index contributed by atoms with van der Waals surface area (Å²) in [5.41, 5.74) is 7.69. The van der Waals surface area contributed by atoms with Crippen molar-refractivity contribution in [2.75, 3.05) is 23.7 Å². The SMILES string of the molecule is CCN(CC1CC1)c1cc(Cl)c(Cl)cc1N. The molecule has 0 amide bonds. The molecule has 1 aromatic rings. The molecule has 4 heteroatoms. The summed E-state index contributed by atoms with van der Waals surface area (Å²) in [7, 11) is 0. The van der Waals surface area contributed by atoms with E-state index in [1.54, 1.807) is 6.07 Å². The van der Waals surface area contributed by atoms with Crippen molar-refractivity contribution in [3.63, 3.8) is 0 Å². The molecule has 2 nitrogen and oxygen atoms in total. The number of nitrogens with two attached hydrogens (primary N) is 1. The van der Waals surface area contributed by atoms with Crippen LogP contribution in [-0.4, -0.2) is 13.1 Å². The molecule has 1 fully saturated rings. The monoisotopic (exact) mass is 258 g/mol. The lowest BCUT2D eigenvalue weighted by Crippen LogP contribution is -2.26. The van der Waals surface area contributed by atoms with Gasteiger partial charge in [-0.25, -0.2) is 0 Å². The maximum atomic E-state index is 6.02. The van der Waals surface area contributed by atoms with Crippen molar-refractivity contribution in [3.8, 4) is 0 Å². The van der Waals surface area contributed by atoms with Crippen LogP contribution in [-0.2, 0) is 0 Å². The van der Waals surface area contributed by atoms with Crippen LogP contribution < -0.4 is 10.6 Å². The van der Waals surface area contributed by atoms with Gasteiger partial charge in [0.05, 0.1) is 21.4 Å². The molecule has 0 aromatic heterocycles. The van der Waals surface area contributed by atoms with Crippen LogP contribution in [0.1, 0.15) is 19.8 Å². The van der Waals surface area contributed by atoms with Crippen LogP contribution in [0.25, 0.3) is 0 Å². The summed E-state index contributed by atoms with van der Waals surface area (Å²) >= 11 is 11.9.